The van der Waals surface area contributed by atoms with E-state index < -0.39 is 33.8 Å². The third-order valence-electron chi connectivity index (χ3n) is 5.28. The highest BCUT2D eigenvalue weighted by atomic mass is 35.5. The Morgan fingerprint density at radius 3 is 2.43 bits per heavy atom. The number of rotatable bonds is 4. The number of sulfonamides is 1. The fraction of sp³-hybridized carbons (Fsp3) is 0.250. The number of hydrogen-bond donors (Lipinski definition) is 1. The largest absolute Gasteiger partial charge is 0.325 e. The summed E-state index contributed by atoms with van der Waals surface area (Å²) in [7, 11) is -2.48. The maximum absolute atomic E-state index is 13.0. The molecule has 1 atom stereocenters. The molecule has 3 amide bonds. The quantitative estimate of drug-likeness (QED) is 0.724. The molecule has 0 unspecified atom stereocenters. The van der Waals surface area contributed by atoms with Gasteiger partial charge in [-0.25, -0.2) is 8.42 Å². The second kappa shape index (κ2) is 7.50. The summed E-state index contributed by atoms with van der Waals surface area (Å²) in [6, 6.07) is 9.34. The maximum atomic E-state index is 13.0. The lowest BCUT2D eigenvalue weighted by atomic mass is 10.1. The topological polar surface area (TPSA) is 104 Å². The molecular weight excluding hydrogens is 430 g/mol. The van der Waals surface area contributed by atoms with Crippen LogP contribution in [0.15, 0.2) is 47.4 Å². The van der Waals surface area contributed by atoms with Gasteiger partial charge < -0.3 is 5.32 Å². The van der Waals surface area contributed by atoms with Crippen molar-refractivity contribution in [2.24, 2.45) is 0 Å². The first-order chi connectivity index (χ1) is 14.2. The van der Waals surface area contributed by atoms with Crippen molar-refractivity contribution in [1.82, 2.24) is 9.21 Å². The van der Waals surface area contributed by atoms with Crippen LogP contribution in [-0.2, 0) is 14.8 Å². The van der Waals surface area contributed by atoms with Crippen molar-refractivity contribution in [3.05, 3.63) is 58.6 Å². The zero-order valence-electron chi connectivity index (χ0n) is 16.0. The number of hydrogen-bond acceptors (Lipinski definition) is 5. The highest BCUT2D eigenvalue weighted by Gasteiger charge is 2.40. The number of carbonyl (C=O) groups is 3. The summed E-state index contributed by atoms with van der Waals surface area (Å²) in [6.07, 6.45) is 0.927. The predicted molar refractivity (Wildman–Crippen MR) is 110 cm³/mol. The van der Waals surface area contributed by atoms with Crippen LogP contribution in [0.3, 0.4) is 0 Å². The van der Waals surface area contributed by atoms with E-state index in [1.165, 1.54) is 53.8 Å². The molecule has 30 heavy (non-hydrogen) atoms. The number of nitrogens with one attached hydrogen (secondary N) is 1. The van der Waals surface area contributed by atoms with Gasteiger partial charge in [-0.05, 0) is 55.3 Å². The zero-order valence-corrected chi connectivity index (χ0v) is 17.5. The summed E-state index contributed by atoms with van der Waals surface area (Å²) in [5, 5.41) is 3.09. The third-order valence-corrected chi connectivity index (χ3v) is 7.46. The molecule has 0 bridgehead atoms. The zero-order chi connectivity index (χ0) is 21.6. The van der Waals surface area contributed by atoms with E-state index in [-0.39, 0.29) is 22.6 Å². The normalized spacial score (nSPS) is 19.3. The van der Waals surface area contributed by atoms with E-state index in [1.54, 1.807) is 0 Å². The van der Waals surface area contributed by atoms with Gasteiger partial charge in [-0.2, -0.15) is 4.31 Å². The van der Waals surface area contributed by atoms with Crippen LogP contribution >= 0.6 is 11.6 Å². The molecule has 4 rings (SSSR count). The summed E-state index contributed by atoms with van der Waals surface area (Å²) in [5.74, 6) is -1.34. The van der Waals surface area contributed by atoms with Crippen LogP contribution in [0.4, 0.5) is 5.69 Å². The number of imide groups is 1. The van der Waals surface area contributed by atoms with Gasteiger partial charge >= 0.3 is 0 Å². The average Bonchev–Trinajstić information content (AvgIpc) is 3.30. The summed E-state index contributed by atoms with van der Waals surface area (Å²) in [5.41, 5.74) is 0.802. The van der Waals surface area contributed by atoms with Crippen LogP contribution in [0.2, 0.25) is 5.02 Å². The number of benzene rings is 2. The van der Waals surface area contributed by atoms with E-state index in [0.29, 0.717) is 23.6 Å². The smallest absolute Gasteiger partial charge is 0.261 e. The molecule has 0 spiro atoms. The van der Waals surface area contributed by atoms with Crippen molar-refractivity contribution in [2.45, 2.75) is 23.8 Å². The summed E-state index contributed by atoms with van der Waals surface area (Å²) in [6.45, 7) is 0.227. The van der Waals surface area contributed by atoms with Gasteiger partial charge in [0.05, 0.1) is 16.0 Å². The Balaban J connectivity index is 1.56. The fourth-order valence-corrected chi connectivity index (χ4v) is 5.48. The minimum atomic E-state index is -3.87. The lowest BCUT2D eigenvalue weighted by Crippen LogP contribution is -2.43. The second-order valence-electron chi connectivity index (χ2n) is 7.15. The van der Waals surface area contributed by atoms with E-state index in [0.717, 1.165) is 4.90 Å². The molecule has 1 N–H and O–H groups in total. The summed E-state index contributed by atoms with van der Waals surface area (Å²) < 4.78 is 27.2. The number of halogens is 1. The Morgan fingerprint density at radius 2 is 1.73 bits per heavy atom. The highest BCUT2D eigenvalue weighted by Crippen LogP contribution is 2.29. The monoisotopic (exact) mass is 447 g/mol. The molecule has 2 aromatic carbocycles. The van der Waals surface area contributed by atoms with Gasteiger partial charge in [0.2, 0.25) is 15.9 Å². The number of fused-ring (bicyclic) bond motifs is 1. The molecule has 1 fully saturated rings. The number of nitrogens with zero attached hydrogens (tertiary/aromatic N) is 2. The van der Waals surface area contributed by atoms with Gasteiger partial charge in [0, 0.05) is 24.3 Å². The minimum absolute atomic E-state index is 0.0660. The van der Waals surface area contributed by atoms with E-state index in [2.05, 4.69) is 5.32 Å². The Morgan fingerprint density at radius 1 is 1.07 bits per heavy atom. The summed E-state index contributed by atoms with van der Waals surface area (Å²) >= 11 is 5.84. The molecule has 8 nitrogen and oxygen atoms in total. The average molecular weight is 448 g/mol. The SMILES string of the molecule is CN1C(=O)c2ccc(NC(=O)[C@@H]3CCCN3S(=O)(=O)c3ccc(Cl)cc3)cc2C1=O. The first-order valence-electron chi connectivity index (χ1n) is 9.25. The van der Waals surface area contributed by atoms with Crippen molar-refractivity contribution >= 4 is 45.0 Å². The number of anilines is 1. The Kier molecular flexibility index (Phi) is 5.13. The van der Waals surface area contributed by atoms with E-state index in [9.17, 15) is 22.8 Å². The van der Waals surface area contributed by atoms with Gasteiger partial charge in [0.25, 0.3) is 11.8 Å². The second-order valence-corrected chi connectivity index (χ2v) is 9.47. The molecule has 1 saturated heterocycles. The lowest BCUT2D eigenvalue weighted by Gasteiger charge is -2.23. The van der Waals surface area contributed by atoms with Crippen molar-refractivity contribution in [3.8, 4) is 0 Å². The van der Waals surface area contributed by atoms with Gasteiger partial charge in [0.1, 0.15) is 6.04 Å². The molecule has 2 heterocycles. The summed E-state index contributed by atoms with van der Waals surface area (Å²) in [4.78, 5) is 38.1. The maximum Gasteiger partial charge on any atom is 0.261 e. The van der Waals surface area contributed by atoms with Crippen LogP contribution in [0.25, 0.3) is 0 Å². The van der Waals surface area contributed by atoms with E-state index in [1.807, 2.05) is 0 Å². The van der Waals surface area contributed by atoms with Crippen molar-refractivity contribution in [1.29, 1.82) is 0 Å². The van der Waals surface area contributed by atoms with Crippen LogP contribution in [0.1, 0.15) is 33.6 Å². The third kappa shape index (κ3) is 3.38. The van der Waals surface area contributed by atoms with E-state index in [4.69, 9.17) is 11.6 Å². The molecule has 10 heteroatoms. The Bertz CT molecular complexity index is 1160. The molecule has 0 saturated carbocycles. The molecule has 0 aliphatic carbocycles. The minimum Gasteiger partial charge on any atom is -0.325 e. The van der Waals surface area contributed by atoms with Gasteiger partial charge in [-0.1, -0.05) is 11.6 Å². The number of amides is 3. The standard InChI is InChI=1S/C20H18ClN3O5S/c1-23-19(26)15-9-6-13(11-16(15)20(23)27)22-18(25)17-3-2-10-24(17)30(28,29)14-7-4-12(21)5-8-14/h4-9,11,17H,2-3,10H2,1H3,(H,22,25)/t17-/m0/s1. The van der Waals surface area contributed by atoms with Crippen LogP contribution in [0, 0.1) is 0 Å². The van der Waals surface area contributed by atoms with Gasteiger partial charge in [-0.15, -0.1) is 0 Å². The molecule has 0 aromatic heterocycles. The molecular formula is C20H18ClN3O5S. The highest BCUT2D eigenvalue weighted by molar-refractivity contribution is 7.89. The Hall–Kier alpha value is -2.75. The first kappa shape index (κ1) is 20.5. The molecule has 0 radical (unpaired) electrons. The molecule has 2 aliphatic rings. The van der Waals surface area contributed by atoms with Gasteiger partial charge in [0.15, 0.2) is 0 Å². The van der Waals surface area contributed by atoms with Crippen LogP contribution in [0.5, 0.6) is 0 Å². The van der Waals surface area contributed by atoms with E-state index >= 15 is 0 Å². The molecule has 2 aromatic rings. The van der Waals surface area contributed by atoms with Crippen LogP contribution in [-0.4, -0.2) is 55.0 Å². The molecule has 156 valence electrons. The number of carbonyl (C=O) groups excluding carboxylic acids is 3. The predicted octanol–water partition coefficient (Wildman–Crippen LogP) is 2.36. The van der Waals surface area contributed by atoms with Gasteiger partial charge in [-0.3, -0.25) is 19.3 Å². The van der Waals surface area contributed by atoms with Crippen molar-refractivity contribution in [2.75, 3.05) is 18.9 Å². The molecule has 2 aliphatic heterocycles. The lowest BCUT2D eigenvalue weighted by molar-refractivity contribution is -0.119. The van der Waals surface area contributed by atoms with Crippen molar-refractivity contribution < 1.29 is 22.8 Å². The van der Waals surface area contributed by atoms with Crippen molar-refractivity contribution in [3.63, 3.8) is 0 Å². The first-order valence-corrected chi connectivity index (χ1v) is 11.1. The fourth-order valence-electron chi connectivity index (χ4n) is 3.70. The Labute approximate surface area is 178 Å². The van der Waals surface area contributed by atoms with Crippen LogP contribution < -0.4 is 5.32 Å².